The van der Waals surface area contributed by atoms with E-state index in [-0.39, 0.29) is 18.0 Å². The molecule has 174 valence electrons. The van der Waals surface area contributed by atoms with Crippen LogP contribution in [0.5, 0.6) is 5.75 Å². The molecule has 1 N–H and O–H groups in total. The number of alkyl halides is 2. The Hall–Kier alpha value is -2.65. The summed E-state index contributed by atoms with van der Waals surface area (Å²) in [7, 11) is 0. The standard InChI is InChI=1S/C24H23Br2NO6/c1-14-8-20(28)32-23-15(2)22(17(10-19(14)23)9-18(26)11-25)33-21(29)12-27-24(30)31-13-16-6-4-3-5-7-16/h3-8,10,18H,9,11-13H2,1-2H3,(H,27,30)/t18-/m1/s1. The number of halogens is 2. The van der Waals surface area contributed by atoms with Gasteiger partial charge in [-0.3, -0.25) is 0 Å². The molecule has 0 unspecified atom stereocenters. The van der Waals surface area contributed by atoms with Gasteiger partial charge in [-0.05, 0) is 43.0 Å². The number of ether oxygens (including phenoxy) is 2. The Morgan fingerprint density at radius 1 is 1.15 bits per heavy atom. The summed E-state index contributed by atoms with van der Waals surface area (Å²) in [6.07, 6.45) is -0.164. The van der Waals surface area contributed by atoms with Crippen LogP contribution < -0.4 is 15.7 Å². The fourth-order valence-corrected chi connectivity index (χ4v) is 3.89. The molecule has 7 nitrogen and oxygen atoms in total. The number of aryl methyl sites for hydroxylation is 2. The van der Waals surface area contributed by atoms with E-state index >= 15 is 0 Å². The van der Waals surface area contributed by atoms with E-state index in [2.05, 4.69) is 37.2 Å². The molecule has 9 heteroatoms. The van der Waals surface area contributed by atoms with Gasteiger partial charge in [-0.1, -0.05) is 62.2 Å². The van der Waals surface area contributed by atoms with Gasteiger partial charge >= 0.3 is 17.7 Å². The first kappa shape index (κ1) is 25.0. The van der Waals surface area contributed by atoms with Crippen molar-refractivity contribution < 1.29 is 23.5 Å². The molecule has 0 bridgehead atoms. The van der Waals surface area contributed by atoms with Crippen LogP contribution in [0.3, 0.4) is 0 Å². The molecule has 0 saturated carbocycles. The van der Waals surface area contributed by atoms with Crippen LogP contribution in [0.2, 0.25) is 0 Å². The molecule has 3 aromatic rings. The molecular weight excluding hydrogens is 558 g/mol. The van der Waals surface area contributed by atoms with Crippen molar-refractivity contribution in [2.45, 2.75) is 31.7 Å². The largest absolute Gasteiger partial charge is 0.445 e. The van der Waals surface area contributed by atoms with Gasteiger partial charge in [-0.25, -0.2) is 14.4 Å². The lowest BCUT2D eigenvalue weighted by Crippen LogP contribution is -2.32. The fraction of sp³-hybridized carbons (Fsp3) is 0.292. The van der Waals surface area contributed by atoms with E-state index in [9.17, 15) is 14.4 Å². The average molecular weight is 581 g/mol. The Morgan fingerprint density at radius 2 is 1.88 bits per heavy atom. The van der Waals surface area contributed by atoms with Crippen LogP contribution in [0.4, 0.5) is 4.79 Å². The van der Waals surface area contributed by atoms with E-state index in [4.69, 9.17) is 13.9 Å². The maximum Gasteiger partial charge on any atom is 0.407 e. The second kappa shape index (κ2) is 11.5. The third-order valence-electron chi connectivity index (χ3n) is 4.91. The van der Waals surface area contributed by atoms with Gasteiger partial charge in [0.2, 0.25) is 0 Å². The molecule has 33 heavy (non-hydrogen) atoms. The molecule has 0 aliphatic rings. The Balaban J connectivity index is 1.75. The van der Waals surface area contributed by atoms with Crippen molar-refractivity contribution in [2.24, 2.45) is 0 Å². The summed E-state index contributed by atoms with van der Waals surface area (Å²) >= 11 is 7.02. The van der Waals surface area contributed by atoms with E-state index in [0.717, 1.165) is 22.1 Å². The summed E-state index contributed by atoms with van der Waals surface area (Å²) in [6, 6.07) is 12.5. The monoisotopic (exact) mass is 579 g/mol. The summed E-state index contributed by atoms with van der Waals surface area (Å²) in [5.74, 6) is -0.360. The van der Waals surface area contributed by atoms with Crippen molar-refractivity contribution in [3.8, 4) is 5.75 Å². The first-order valence-electron chi connectivity index (χ1n) is 10.2. The first-order chi connectivity index (χ1) is 15.8. The molecule has 1 aromatic heterocycles. The number of hydrogen-bond acceptors (Lipinski definition) is 6. The Bertz CT molecular complexity index is 1210. The molecule has 0 fully saturated rings. The van der Waals surface area contributed by atoms with Crippen LogP contribution in [0.1, 0.15) is 22.3 Å². The Labute approximate surface area is 207 Å². The molecule has 2 aromatic carbocycles. The predicted molar refractivity (Wildman–Crippen MR) is 132 cm³/mol. The zero-order valence-electron chi connectivity index (χ0n) is 18.2. The molecule has 0 aliphatic carbocycles. The maximum absolute atomic E-state index is 12.5. The third-order valence-corrected chi connectivity index (χ3v) is 7.21. The molecule has 1 amide bonds. The SMILES string of the molecule is Cc1cc(=O)oc2c(C)c(OC(=O)CNC(=O)OCc3ccccc3)c(C[C@@H](Br)CBr)cc12. The highest BCUT2D eigenvalue weighted by Gasteiger charge is 2.20. The summed E-state index contributed by atoms with van der Waals surface area (Å²) in [5, 5.41) is 3.86. The number of rotatable bonds is 8. The van der Waals surface area contributed by atoms with Crippen LogP contribution in [0.15, 0.2) is 51.7 Å². The minimum Gasteiger partial charge on any atom is -0.445 e. The van der Waals surface area contributed by atoms with Crippen molar-refractivity contribution >= 4 is 54.9 Å². The number of amides is 1. The molecular formula is C24H23Br2NO6. The highest BCUT2D eigenvalue weighted by atomic mass is 79.9. The minimum absolute atomic E-state index is 0.0905. The number of esters is 1. The van der Waals surface area contributed by atoms with Crippen LogP contribution in [0.25, 0.3) is 11.0 Å². The van der Waals surface area contributed by atoms with E-state index in [1.807, 2.05) is 43.3 Å². The number of carbonyl (C=O) groups excluding carboxylic acids is 2. The lowest BCUT2D eigenvalue weighted by atomic mass is 9.99. The smallest absolute Gasteiger partial charge is 0.407 e. The number of fused-ring (bicyclic) bond motifs is 1. The molecule has 0 spiro atoms. The third kappa shape index (κ3) is 6.68. The van der Waals surface area contributed by atoms with Gasteiger partial charge in [0.25, 0.3) is 0 Å². The topological polar surface area (TPSA) is 94.8 Å². The molecule has 0 radical (unpaired) electrons. The normalized spacial score (nSPS) is 11.8. The van der Waals surface area contributed by atoms with E-state index in [0.29, 0.717) is 28.6 Å². The maximum atomic E-state index is 12.5. The molecule has 0 aliphatic heterocycles. The first-order valence-corrected chi connectivity index (χ1v) is 12.2. The van der Waals surface area contributed by atoms with E-state index in [1.54, 1.807) is 6.92 Å². The summed E-state index contributed by atoms with van der Waals surface area (Å²) in [6.45, 7) is 3.27. The molecule has 1 heterocycles. The van der Waals surface area contributed by atoms with Crippen molar-refractivity contribution in [3.05, 3.63) is 75.1 Å². The lowest BCUT2D eigenvalue weighted by molar-refractivity contribution is -0.133. The van der Waals surface area contributed by atoms with Gasteiger partial charge in [0.05, 0.1) is 0 Å². The van der Waals surface area contributed by atoms with Crippen molar-refractivity contribution in [1.82, 2.24) is 5.32 Å². The number of benzene rings is 2. The molecule has 3 rings (SSSR count). The van der Waals surface area contributed by atoms with Crippen molar-refractivity contribution in [1.29, 1.82) is 0 Å². The van der Waals surface area contributed by atoms with Crippen molar-refractivity contribution in [2.75, 3.05) is 11.9 Å². The predicted octanol–water partition coefficient (Wildman–Crippen LogP) is 4.94. The van der Waals surface area contributed by atoms with Gasteiger partial charge in [0, 0.05) is 27.2 Å². The zero-order chi connectivity index (χ0) is 24.0. The average Bonchev–Trinajstić information content (AvgIpc) is 2.80. The zero-order valence-corrected chi connectivity index (χ0v) is 21.3. The number of alkyl carbamates (subject to hydrolysis) is 1. The number of carbonyl (C=O) groups is 2. The molecule has 1 atom stereocenters. The van der Waals surface area contributed by atoms with Crippen molar-refractivity contribution in [3.63, 3.8) is 0 Å². The minimum atomic E-state index is -0.729. The fourth-order valence-electron chi connectivity index (χ4n) is 3.32. The molecule has 0 saturated heterocycles. The van der Waals surface area contributed by atoms with Gasteiger partial charge in [0.1, 0.15) is 24.5 Å². The van der Waals surface area contributed by atoms with Gasteiger partial charge in [-0.15, -0.1) is 0 Å². The summed E-state index contributed by atoms with van der Waals surface area (Å²) < 4.78 is 16.1. The Kier molecular flexibility index (Phi) is 8.68. The van der Waals surface area contributed by atoms with Gasteiger partial charge in [-0.2, -0.15) is 0 Å². The van der Waals surface area contributed by atoms with Crippen LogP contribution in [0, 0.1) is 13.8 Å². The highest BCUT2D eigenvalue weighted by molar-refractivity contribution is 9.12. The second-order valence-corrected chi connectivity index (χ2v) is 9.40. The van der Waals surface area contributed by atoms with Crippen LogP contribution in [-0.4, -0.2) is 28.8 Å². The summed E-state index contributed by atoms with van der Waals surface area (Å²) in [4.78, 5) is 36.4. The number of hydrogen-bond donors (Lipinski definition) is 1. The van der Waals surface area contributed by atoms with Gasteiger partial charge in [0.15, 0.2) is 0 Å². The Morgan fingerprint density at radius 3 is 2.58 bits per heavy atom. The van der Waals surface area contributed by atoms with E-state index < -0.39 is 17.7 Å². The van der Waals surface area contributed by atoms with E-state index in [1.165, 1.54) is 6.07 Å². The highest BCUT2D eigenvalue weighted by Crippen LogP contribution is 2.34. The van der Waals surface area contributed by atoms with Crippen LogP contribution >= 0.6 is 31.9 Å². The quantitative estimate of drug-likeness (QED) is 0.175. The second-order valence-electron chi connectivity index (χ2n) is 7.46. The van der Waals surface area contributed by atoms with Gasteiger partial charge < -0.3 is 19.2 Å². The summed E-state index contributed by atoms with van der Waals surface area (Å²) in [5.41, 5.74) is 2.81. The van der Waals surface area contributed by atoms with Crippen LogP contribution in [-0.2, 0) is 22.6 Å². The number of nitrogens with one attached hydrogen (secondary N) is 1. The lowest BCUT2D eigenvalue weighted by Gasteiger charge is -2.17.